The first kappa shape index (κ1) is 18.9. The van der Waals surface area contributed by atoms with Crippen LogP contribution in [0.2, 0.25) is 0 Å². The van der Waals surface area contributed by atoms with E-state index >= 15 is 0 Å². The molecule has 0 amide bonds. The van der Waals surface area contributed by atoms with Crippen LogP contribution >= 0.6 is 24.0 Å². The molecule has 0 aromatic heterocycles. The molecule has 0 saturated heterocycles. The van der Waals surface area contributed by atoms with Crippen LogP contribution in [-0.4, -0.2) is 25.7 Å². The van der Waals surface area contributed by atoms with Crippen LogP contribution < -0.4 is 20.5 Å². The third-order valence-electron chi connectivity index (χ3n) is 3.69. The summed E-state index contributed by atoms with van der Waals surface area (Å²) in [5.41, 5.74) is 6.80. The number of hydrogen-bond donors (Lipinski definition) is 2. The standard InChI is InChI=1S/C16H25N3O2.HI/c1-3-12(4-2)11-18-16(17)19-13-6-7-14-15(10-13)21-9-5-8-20-14;/h6-7,10,12H,3-5,8-9,11H2,1-2H3,(H3,17,18,19);1H. The van der Waals surface area contributed by atoms with Gasteiger partial charge in [-0.15, -0.1) is 24.0 Å². The zero-order chi connectivity index (χ0) is 15.1. The van der Waals surface area contributed by atoms with Crippen molar-refractivity contribution in [1.29, 1.82) is 0 Å². The number of halogens is 1. The summed E-state index contributed by atoms with van der Waals surface area (Å²) in [6, 6.07) is 5.73. The third kappa shape index (κ3) is 5.55. The Kier molecular flexibility index (Phi) is 8.37. The number of rotatable bonds is 5. The Hall–Kier alpha value is -1.18. The monoisotopic (exact) mass is 419 g/mol. The molecule has 0 unspecified atom stereocenters. The first-order valence-electron chi connectivity index (χ1n) is 7.69. The lowest BCUT2D eigenvalue weighted by Crippen LogP contribution is -2.23. The summed E-state index contributed by atoms with van der Waals surface area (Å²) in [5, 5.41) is 3.11. The van der Waals surface area contributed by atoms with Gasteiger partial charge in [-0.25, -0.2) is 0 Å². The largest absolute Gasteiger partial charge is 0.490 e. The van der Waals surface area contributed by atoms with E-state index in [4.69, 9.17) is 15.2 Å². The molecule has 0 saturated carbocycles. The molecule has 0 atom stereocenters. The highest BCUT2D eigenvalue weighted by molar-refractivity contribution is 14.0. The lowest BCUT2D eigenvalue weighted by molar-refractivity contribution is 0.297. The van der Waals surface area contributed by atoms with Crippen LogP contribution in [0.3, 0.4) is 0 Å². The van der Waals surface area contributed by atoms with Crippen molar-refractivity contribution in [2.45, 2.75) is 33.1 Å². The second-order valence-corrected chi connectivity index (χ2v) is 5.25. The summed E-state index contributed by atoms with van der Waals surface area (Å²) in [5.74, 6) is 2.57. The molecule has 0 radical (unpaired) electrons. The predicted molar refractivity (Wildman–Crippen MR) is 102 cm³/mol. The molecule has 1 aliphatic rings. The van der Waals surface area contributed by atoms with E-state index in [1.54, 1.807) is 0 Å². The summed E-state index contributed by atoms with van der Waals surface area (Å²) in [4.78, 5) is 4.40. The Balaban J connectivity index is 0.00000242. The Bertz CT molecular complexity index is 490. The van der Waals surface area contributed by atoms with Crippen LogP contribution in [0, 0.1) is 5.92 Å². The van der Waals surface area contributed by atoms with Gasteiger partial charge >= 0.3 is 0 Å². The van der Waals surface area contributed by atoms with Gasteiger partial charge in [0.05, 0.1) is 13.2 Å². The summed E-state index contributed by atoms with van der Waals surface area (Å²) >= 11 is 0. The topological polar surface area (TPSA) is 68.9 Å². The van der Waals surface area contributed by atoms with E-state index in [1.165, 1.54) is 0 Å². The number of ether oxygens (including phenoxy) is 2. The van der Waals surface area contributed by atoms with Crippen LogP contribution in [0.5, 0.6) is 11.5 Å². The van der Waals surface area contributed by atoms with Crippen LogP contribution in [0.4, 0.5) is 5.69 Å². The molecule has 1 aromatic carbocycles. The van der Waals surface area contributed by atoms with Crippen LogP contribution in [-0.2, 0) is 0 Å². The maximum atomic E-state index is 5.94. The molecule has 6 heteroatoms. The highest BCUT2D eigenvalue weighted by Gasteiger charge is 2.11. The maximum Gasteiger partial charge on any atom is 0.193 e. The number of nitrogens with zero attached hydrogens (tertiary/aromatic N) is 1. The van der Waals surface area contributed by atoms with Gasteiger partial charge in [-0.3, -0.25) is 4.99 Å². The van der Waals surface area contributed by atoms with Crippen LogP contribution in [0.1, 0.15) is 33.1 Å². The van der Waals surface area contributed by atoms with Crippen molar-refractivity contribution >= 4 is 35.6 Å². The molecule has 1 heterocycles. The van der Waals surface area contributed by atoms with Crippen molar-refractivity contribution in [2.75, 3.05) is 25.1 Å². The average Bonchev–Trinajstić information content (AvgIpc) is 2.73. The van der Waals surface area contributed by atoms with E-state index in [9.17, 15) is 0 Å². The Morgan fingerprint density at radius 3 is 2.59 bits per heavy atom. The predicted octanol–water partition coefficient (Wildman–Crippen LogP) is 3.63. The third-order valence-corrected chi connectivity index (χ3v) is 3.69. The zero-order valence-corrected chi connectivity index (χ0v) is 15.6. The van der Waals surface area contributed by atoms with E-state index in [0.717, 1.165) is 43.0 Å². The van der Waals surface area contributed by atoms with Gasteiger partial charge in [-0.2, -0.15) is 0 Å². The van der Waals surface area contributed by atoms with Gasteiger partial charge in [0.1, 0.15) is 0 Å². The van der Waals surface area contributed by atoms with E-state index in [0.29, 0.717) is 25.1 Å². The summed E-state index contributed by atoms with van der Waals surface area (Å²) in [6.45, 7) is 6.48. The lowest BCUT2D eigenvalue weighted by Gasteiger charge is -2.12. The fraction of sp³-hybridized carbons (Fsp3) is 0.562. The van der Waals surface area contributed by atoms with Gasteiger partial charge in [0.15, 0.2) is 17.5 Å². The van der Waals surface area contributed by atoms with Gasteiger partial charge in [0.25, 0.3) is 0 Å². The first-order chi connectivity index (χ1) is 10.2. The van der Waals surface area contributed by atoms with Crippen LogP contribution in [0.15, 0.2) is 23.2 Å². The quantitative estimate of drug-likeness (QED) is 0.435. The SMILES string of the molecule is CCC(CC)CN=C(N)Nc1ccc2c(c1)OCCCO2.I. The highest BCUT2D eigenvalue weighted by Crippen LogP contribution is 2.32. The van der Waals surface area contributed by atoms with Crippen molar-refractivity contribution in [3.05, 3.63) is 18.2 Å². The summed E-state index contributed by atoms with van der Waals surface area (Å²) in [7, 11) is 0. The maximum absolute atomic E-state index is 5.94. The number of guanidine groups is 1. The highest BCUT2D eigenvalue weighted by atomic mass is 127. The minimum absolute atomic E-state index is 0. The lowest BCUT2D eigenvalue weighted by atomic mass is 10.0. The van der Waals surface area contributed by atoms with E-state index in [2.05, 4.69) is 24.2 Å². The Labute approximate surface area is 149 Å². The smallest absolute Gasteiger partial charge is 0.193 e. The summed E-state index contributed by atoms with van der Waals surface area (Å²) < 4.78 is 11.3. The normalized spacial score (nSPS) is 14.2. The average molecular weight is 419 g/mol. The Morgan fingerprint density at radius 1 is 1.23 bits per heavy atom. The van der Waals surface area contributed by atoms with E-state index in [-0.39, 0.29) is 24.0 Å². The van der Waals surface area contributed by atoms with Crippen molar-refractivity contribution < 1.29 is 9.47 Å². The van der Waals surface area contributed by atoms with Crippen molar-refractivity contribution in [1.82, 2.24) is 0 Å². The fourth-order valence-corrected chi connectivity index (χ4v) is 2.20. The number of aliphatic imine (C=N–C) groups is 1. The molecule has 1 aromatic rings. The number of fused-ring (bicyclic) bond motifs is 1. The summed E-state index contributed by atoms with van der Waals surface area (Å²) in [6.07, 6.45) is 3.14. The number of anilines is 1. The molecule has 5 nitrogen and oxygen atoms in total. The van der Waals surface area contributed by atoms with Gasteiger partial charge in [0, 0.05) is 24.7 Å². The fourth-order valence-electron chi connectivity index (χ4n) is 2.20. The molecule has 22 heavy (non-hydrogen) atoms. The molecule has 0 aliphatic carbocycles. The van der Waals surface area contributed by atoms with Crippen molar-refractivity contribution in [3.8, 4) is 11.5 Å². The van der Waals surface area contributed by atoms with E-state index in [1.807, 2.05) is 18.2 Å². The Morgan fingerprint density at radius 2 is 1.91 bits per heavy atom. The number of hydrogen-bond acceptors (Lipinski definition) is 3. The molecule has 0 spiro atoms. The number of benzene rings is 1. The zero-order valence-electron chi connectivity index (χ0n) is 13.3. The number of nitrogens with two attached hydrogens (primary N) is 1. The molecule has 3 N–H and O–H groups in total. The van der Waals surface area contributed by atoms with Crippen molar-refractivity contribution in [3.63, 3.8) is 0 Å². The molecular weight excluding hydrogens is 393 g/mol. The molecule has 0 fully saturated rings. The van der Waals surface area contributed by atoms with Gasteiger partial charge in [-0.1, -0.05) is 26.7 Å². The van der Waals surface area contributed by atoms with Gasteiger partial charge < -0.3 is 20.5 Å². The first-order valence-corrected chi connectivity index (χ1v) is 7.69. The number of nitrogens with one attached hydrogen (secondary N) is 1. The van der Waals surface area contributed by atoms with Crippen LogP contribution in [0.25, 0.3) is 0 Å². The molecule has 2 rings (SSSR count). The molecule has 0 bridgehead atoms. The second-order valence-electron chi connectivity index (χ2n) is 5.25. The molecule has 124 valence electrons. The second kappa shape index (κ2) is 9.76. The van der Waals surface area contributed by atoms with Gasteiger partial charge in [0.2, 0.25) is 0 Å². The molecular formula is C16H26IN3O2. The molecule has 1 aliphatic heterocycles. The minimum Gasteiger partial charge on any atom is -0.490 e. The van der Waals surface area contributed by atoms with E-state index < -0.39 is 0 Å². The minimum atomic E-state index is 0. The van der Waals surface area contributed by atoms with Crippen molar-refractivity contribution in [2.24, 2.45) is 16.6 Å². The van der Waals surface area contributed by atoms with Gasteiger partial charge in [-0.05, 0) is 18.1 Å².